The lowest BCUT2D eigenvalue weighted by atomic mass is 10.1. The van der Waals surface area contributed by atoms with Crippen molar-refractivity contribution in [1.29, 1.82) is 10.5 Å². The van der Waals surface area contributed by atoms with Gasteiger partial charge >= 0.3 is 5.97 Å². The molecule has 1 atom stereocenters. The first-order chi connectivity index (χ1) is 14.1. The van der Waals surface area contributed by atoms with E-state index >= 15 is 0 Å². The van der Waals surface area contributed by atoms with Crippen molar-refractivity contribution in [3.63, 3.8) is 0 Å². The Kier molecular flexibility index (Phi) is 10.3. The minimum absolute atomic E-state index is 0.0689. The standard InChI is InChI=1S/C19H23ClN4O5S/c1-14(2)18(23-30(27,28)16-7-5-15(20)6-8-16)19(26)29-13-17(25)24(11-3-9-21)12-4-10-22/h5-8,14,18,23H,3-4,11-13H2,1-2H3. The van der Waals surface area contributed by atoms with E-state index in [1.807, 2.05) is 12.1 Å². The minimum atomic E-state index is -4.02. The van der Waals surface area contributed by atoms with Crippen LogP contribution in [-0.2, 0) is 24.3 Å². The maximum atomic E-state index is 12.5. The molecule has 0 aliphatic heterocycles. The number of ether oxygens (including phenoxy) is 1. The van der Waals surface area contributed by atoms with Crippen molar-refractivity contribution in [2.75, 3.05) is 19.7 Å². The van der Waals surface area contributed by atoms with Gasteiger partial charge in [-0.15, -0.1) is 0 Å². The van der Waals surface area contributed by atoms with Crippen LogP contribution in [0, 0.1) is 28.6 Å². The lowest BCUT2D eigenvalue weighted by Gasteiger charge is -2.23. The molecule has 162 valence electrons. The Bertz CT molecular complexity index is 902. The highest BCUT2D eigenvalue weighted by molar-refractivity contribution is 7.89. The second-order valence-electron chi connectivity index (χ2n) is 6.60. The van der Waals surface area contributed by atoms with E-state index in [9.17, 15) is 18.0 Å². The van der Waals surface area contributed by atoms with Crippen LogP contribution < -0.4 is 4.72 Å². The predicted octanol–water partition coefficient (Wildman–Crippen LogP) is 1.84. The van der Waals surface area contributed by atoms with Gasteiger partial charge in [-0.25, -0.2) is 8.42 Å². The van der Waals surface area contributed by atoms with Crippen LogP contribution in [0.4, 0.5) is 0 Å². The van der Waals surface area contributed by atoms with Gasteiger partial charge in [0.15, 0.2) is 6.61 Å². The summed E-state index contributed by atoms with van der Waals surface area (Å²) in [7, 11) is -4.02. The maximum Gasteiger partial charge on any atom is 0.324 e. The first kappa shape index (κ1) is 25.4. The maximum absolute atomic E-state index is 12.5. The Morgan fingerprint density at radius 3 is 2.13 bits per heavy atom. The van der Waals surface area contributed by atoms with E-state index in [2.05, 4.69) is 4.72 Å². The van der Waals surface area contributed by atoms with Gasteiger partial charge in [-0.3, -0.25) is 9.59 Å². The molecule has 0 saturated heterocycles. The fourth-order valence-corrected chi connectivity index (χ4v) is 3.81. The number of rotatable bonds is 11. The van der Waals surface area contributed by atoms with Crippen molar-refractivity contribution in [1.82, 2.24) is 9.62 Å². The van der Waals surface area contributed by atoms with Crippen molar-refractivity contribution in [2.24, 2.45) is 5.92 Å². The minimum Gasteiger partial charge on any atom is -0.454 e. The number of halogens is 1. The van der Waals surface area contributed by atoms with Crippen molar-refractivity contribution in [2.45, 2.75) is 37.6 Å². The van der Waals surface area contributed by atoms with Crippen LogP contribution in [0.15, 0.2) is 29.2 Å². The molecule has 0 saturated carbocycles. The van der Waals surface area contributed by atoms with Crippen LogP contribution in [0.5, 0.6) is 0 Å². The normalized spacial score (nSPS) is 11.9. The smallest absolute Gasteiger partial charge is 0.324 e. The average molecular weight is 455 g/mol. The zero-order chi connectivity index (χ0) is 22.7. The SMILES string of the molecule is CC(C)C(NS(=O)(=O)c1ccc(Cl)cc1)C(=O)OCC(=O)N(CCC#N)CCC#N. The van der Waals surface area contributed by atoms with E-state index in [-0.39, 0.29) is 30.8 Å². The summed E-state index contributed by atoms with van der Waals surface area (Å²) in [6.07, 6.45) is 0.140. The number of benzene rings is 1. The van der Waals surface area contributed by atoms with Crippen LogP contribution in [0.25, 0.3) is 0 Å². The highest BCUT2D eigenvalue weighted by Crippen LogP contribution is 2.16. The largest absolute Gasteiger partial charge is 0.454 e. The number of amides is 1. The van der Waals surface area contributed by atoms with Crippen molar-refractivity contribution >= 4 is 33.5 Å². The van der Waals surface area contributed by atoms with Gasteiger partial charge < -0.3 is 9.64 Å². The Morgan fingerprint density at radius 1 is 1.13 bits per heavy atom. The molecule has 0 heterocycles. The van der Waals surface area contributed by atoms with E-state index < -0.39 is 40.5 Å². The fourth-order valence-electron chi connectivity index (χ4n) is 2.35. The Labute approximate surface area is 181 Å². The van der Waals surface area contributed by atoms with Crippen LogP contribution in [-0.4, -0.2) is 50.9 Å². The molecule has 0 aromatic heterocycles. The molecule has 30 heavy (non-hydrogen) atoms. The van der Waals surface area contributed by atoms with Crippen LogP contribution in [0.1, 0.15) is 26.7 Å². The molecule has 0 bridgehead atoms. The first-order valence-corrected chi connectivity index (χ1v) is 10.9. The molecule has 1 aromatic rings. The number of carbonyl (C=O) groups is 2. The van der Waals surface area contributed by atoms with Gasteiger partial charge in [-0.2, -0.15) is 15.2 Å². The van der Waals surface area contributed by atoms with Gasteiger partial charge in [0.1, 0.15) is 6.04 Å². The topological polar surface area (TPSA) is 140 Å². The molecule has 0 aliphatic rings. The summed E-state index contributed by atoms with van der Waals surface area (Å²) in [6, 6.07) is 8.02. The Balaban J connectivity index is 2.81. The Hall–Kier alpha value is -2.66. The second-order valence-corrected chi connectivity index (χ2v) is 8.75. The number of hydrogen-bond donors (Lipinski definition) is 1. The van der Waals surface area contributed by atoms with Gasteiger partial charge in [-0.05, 0) is 30.2 Å². The summed E-state index contributed by atoms with van der Waals surface area (Å²) in [5.41, 5.74) is 0. The van der Waals surface area contributed by atoms with Crippen LogP contribution in [0.2, 0.25) is 5.02 Å². The lowest BCUT2D eigenvalue weighted by molar-refractivity contribution is -0.154. The zero-order valence-electron chi connectivity index (χ0n) is 16.7. The predicted molar refractivity (Wildman–Crippen MR) is 108 cm³/mol. The highest BCUT2D eigenvalue weighted by Gasteiger charge is 2.30. The lowest BCUT2D eigenvalue weighted by Crippen LogP contribution is -2.46. The van der Waals surface area contributed by atoms with Crippen molar-refractivity contribution < 1.29 is 22.7 Å². The van der Waals surface area contributed by atoms with E-state index in [4.69, 9.17) is 26.9 Å². The second kappa shape index (κ2) is 12.1. The third-order valence-corrected chi connectivity index (χ3v) is 5.71. The van der Waals surface area contributed by atoms with E-state index in [0.29, 0.717) is 5.02 Å². The van der Waals surface area contributed by atoms with Crippen molar-refractivity contribution in [3.05, 3.63) is 29.3 Å². The molecule has 0 radical (unpaired) electrons. The average Bonchev–Trinajstić information content (AvgIpc) is 2.70. The number of nitrogens with zero attached hydrogens (tertiary/aromatic N) is 3. The van der Waals surface area contributed by atoms with E-state index in [1.54, 1.807) is 13.8 Å². The van der Waals surface area contributed by atoms with Gasteiger partial charge in [0.25, 0.3) is 5.91 Å². The van der Waals surface area contributed by atoms with Crippen LogP contribution >= 0.6 is 11.6 Å². The fraction of sp³-hybridized carbons (Fsp3) is 0.474. The number of nitrogens with one attached hydrogen (secondary N) is 1. The Morgan fingerprint density at radius 2 is 1.67 bits per heavy atom. The molecular weight excluding hydrogens is 432 g/mol. The molecule has 1 unspecified atom stereocenters. The monoisotopic (exact) mass is 454 g/mol. The molecule has 1 amide bonds. The summed E-state index contributed by atoms with van der Waals surface area (Å²) >= 11 is 5.77. The zero-order valence-corrected chi connectivity index (χ0v) is 18.2. The summed E-state index contributed by atoms with van der Waals surface area (Å²) in [6.45, 7) is 2.84. The van der Waals surface area contributed by atoms with E-state index in [0.717, 1.165) is 0 Å². The first-order valence-electron chi connectivity index (χ1n) is 9.08. The number of sulfonamides is 1. The summed E-state index contributed by atoms with van der Waals surface area (Å²) in [4.78, 5) is 25.9. The number of esters is 1. The molecule has 11 heteroatoms. The summed E-state index contributed by atoms with van der Waals surface area (Å²) < 4.78 is 32.4. The highest BCUT2D eigenvalue weighted by atomic mass is 35.5. The number of carbonyl (C=O) groups excluding carboxylic acids is 2. The van der Waals surface area contributed by atoms with Gasteiger partial charge in [0.05, 0.1) is 29.9 Å². The molecule has 1 rings (SSSR count). The number of nitriles is 2. The van der Waals surface area contributed by atoms with Crippen molar-refractivity contribution in [3.8, 4) is 12.1 Å². The molecule has 0 aliphatic carbocycles. The molecule has 1 aromatic carbocycles. The number of hydrogen-bond acceptors (Lipinski definition) is 7. The van der Waals surface area contributed by atoms with E-state index in [1.165, 1.54) is 29.2 Å². The van der Waals surface area contributed by atoms with Crippen LogP contribution in [0.3, 0.4) is 0 Å². The molecule has 9 nitrogen and oxygen atoms in total. The molecule has 0 spiro atoms. The summed E-state index contributed by atoms with van der Waals surface area (Å²) in [5, 5.41) is 17.7. The third-order valence-electron chi connectivity index (χ3n) is 4.00. The molecule has 0 fully saturated rings. The van der Waals surface area contributed by atoms with Gasteiger partial charge in [-0.1, -0.05) is 25.4 Å². The summed E-state index contributed by atoms with van der Waals surface area (Å²) in [5.74, 6) is -1.93. The molecule has 1 N–H and O–H groups in total. The molecular formula is C19H23ClN4O5S. The van der Waals surface area contributed by atoms with Gasteiger partial charge in [0.2, 0.25) is 10.0 Å². The quantitative estimate of drug-likeness (QED) is 0.503. The van der Waals surface area contributed by atoms with Gasteiger partial charge in [0, 0.05) is 18.1 Å². The third kappa shape index (κ3) is 7.99.